The number of urea groups is 1. The Kier molecular flexibility index (Phi) is 5.28. The van der Waals surface area contributed by atoms with Crippen LogP contribution in [0.4, 0.5) is 9.18 Å². The average Bonchev–Trinajstić information content (AvgIpc) is 2.76. The Morgan fingerprint density at radius 1 is 1.16 bits per heavy atom. The maximum absolute atomic E-state index is 13.8. The Hall–Kier alpha value is -2.48. The molecular formula is C17H21FN4O3. The van der Waals surface area contributed by atoms with E-state index in [9.17, 15) is 18.8 Å². The molecule has 8 heteroatoms. The molecule has 1 atom stereocenters. The highest BCUT2D eigenvalue weighted by molar-refractivity contribution is 6.05. The molecular weight excluding hydrogens is 327 g/mol. The predicted octanol–water partition coefficient (Wildman–Crippen LogP) is 0.458. The number of imide groups is 1. The third-order valence-electron chi connectivity index (χ3n) is 4.53. The topological polar surface area (TPSA) is 81.8 Å². The Labute approximate surface area is 145 Å². The normalized spacial score (nSPS) is 21.6. The second-order valence-electron chi connectivity index (χ2n) is 6.32. The summed E-state index contributed by atoms with van der Waals surface area (Å²) in [7, 11) is 0. The minimum atomic E-state index is -0.794. The number of carbonyl (C=O) groups excluding carboxylic acids is 3. The number of hydrogen-bond acceptors (Lipinski definition) is 4. The smallest absolute Gasteiger partial charge is 0.322 e. The number of amides is 4. The first-order valence-electron chi connectivity index (χ1n) is 8.38. The van der Waals surface area contributed by atoms with Crippen LogP contribution in [0.3, 0.4) is 0 Å². The van der Waals surface area contributed by atoms with E-state index in [1.807, 2.05) is 6.07 Å². The third kappa shape index (κ3) is 4.33. The maximum Gasteiger partial charge on any atom is 0.322 e. The molecule has 2 aliphatic rings. The van der Waals surface area contributed by atoms with Crippen molar-refractivity contribution in [1.82, 2.24) is 20.4 Å². The van der Waals surface area contributed by atoms with E-state index in [-0.39, 0.29) is 18.1 Å². The SMILES string of the molecule is O=C1NC(=O)[C@H](CC(=O)N2CCCN(Cc3ccccc3F)CC2)N1. The molecule has 1 aromatic carbocycles. The molecule has 2 N–H and O–H groups in total. The lowest BCUT2D eigenvalue weighted by Crippen LogP contribution is -2.40. The molecule has 1 aromatic rings. The van der Waals surface area contributed by atoms with Crippen LogP contribution in [0.15, 0.2) is 24.3 Å². The monoisotopic (exact) mass is 348 g/mol. The van der Waals surface area contributed by atoms with Crippen molar-refractivity contribution in [3.8, 4) is 0 Å². The zero-order valence-corrected chi connectivity index (χ0v) is 13.8. The van der Waals surface area contributed by atoms with Crippen LogP contribution in [0.2, 0.25) is 0 Å². The van der Waals surface area contributed by atoms with Gasteiger partial charge in [-0.2, -0.15) is 0 Å². The summed E-state index contributed by atoms with van der Waals surface area (Å²) in [6, 6.07) is 5.34. The fourth-order valence-electron chi connectivity index (χ4n) is 3.15. The number of halogens is 1. The van der Waals surface area contributed by atoms with Crippen molar-refractivity contribution < 1.29 is 18.8 Å². The summed E-state index contributed by atoms with van der Waals surface area (Å²) >= 11 is 0. The highest BCUT2D eigenvalue weighted by Crippen LogP contribution is 2.13. The summed E-state index contributed by atoms with van der Waals surface area (Å²) in [5.74, 6) is -0.841. The van der Waals surface area contributed by atoms with E-state index in [4.69, 9.17) is 0 Å². The van der Waals surface area contributed by atoms with Gasteiger partial charge in [0.15, 0.2) is 0 Å². The van der Waals surface area contributed by atoms with Gasteiger partial charge in [0.05, 0.1) is 6.42 Å². The van der Waals surface area contributed by atoms with E-state index >= 15 is 0 Å². The van der Waals surface area contributed by atoms with E-state index in [0.717, 1.165) is 13.0 Å². The van der Waals surface area contributed by atoms with Gasteiger partial charge in [0, 0.05) is 38.3 Å². The van der Waals surface area contributed by atoms with Crippen LogP contribution in [0.25, 0.3) is 0 Å². The third-order valence-corrected chi connectivity index (χ3v) is 4.53. The van der Waals surface area contributed by atoms with Gasteiger partial charge in [-0.3, -0.25) is 19.8 Å². The van der Waals surface area contributed by atoms with Gasteiger partial charge < -0.3 is 10.2 Å². The summed E-state index contributed by atoms with van der Waals surface area (Å²) < 4.78 is 13.8. The maximum atomic E-state index is 13.8. The Morgan fingerprint density at radius 3 is 2.68 bits per heavy atom. The molecule has 2 saturated heterocycles. The quantitative estimate of drug-likeness (QED) is 0.775. The second-order valence-corrected chi connectivity index (χ2v) is 6.32. The van der Waals surface area contributed by atoms with Crippen molar-refractivity contribution >= 4 is 17.8 Å². The van der Waals surface area contributed by atoms with Gasteiger partial charge in [0.25, 0.3) is 5.91 Å². The van der Waals surface area contributed by atoms with Gasteiger partial charge in [-0.25, -0.2) is 9.18 Å². The predicted molar refractivity (Wildman–Crippen MR) is 88.0 cm³/mol. The lowest BCUT2D eigenvalue weighted by Gasteiger charge is -2.23. The van der Waals surface area contributed by atoms with E-state index in [2.05, 4.69) is 15.5 Å². The molecule has 7 nitrogen and oxygen atoms in total. The average molecular weight is 348 g/mol. The number of hydrogen-bond donors (Lipinski definition) is 2. The van der Waals surface area contributed by atoms with Crippen LogP contribution in [0.5, 0.6) is 0 Å². The van der Waals surface area contributed by atoms with E-state index in [1.54, 1.807) is 17.0 Å². The van der Waals surface area contributed by atoms with Crippen LogP contribution >= 0.6 is 0 Å². The van der Waals surface area contributed by atoms with Crippen molar-refractivity contribution in [2.45, 2.75) is 25.4 Å². The van der Waals surface area contributed by atoms with Gasteiger partial charge in [-0.1, -0.05) is 18.2 Å². The van der Waals surface area contributed by atoms with Crippen molar-refractivity contribution in [3.63, 3.8) is 0 Å². The summed E-state index contributed by atoms with van der Waals surface area (Å²) in [6.45, 7) is 3.04. The molecule has 0 aliphatic carbocycles. The molecule has 2 fully saturated rings. The number of nitrogens with zero attached hydrogens (tertiary/aromatic N) is 2. The van der Waals surface area contributed by atoms with Crippen LogP contribution in [-0.4, -0.2) is 59.9 Å². The van der Waals surface area contributed by atoms with E-state index < -0.39 is 18.0 Å². The summed E-state index contributed by atoms with van der Waals surface area (Å²) in [5, 5.41) is 4.56. The molecule has 3 rings (SSSR count). The Balaban J connectivity index is 1.53. The number of carbonyl (C=O) groups is 3. The molecule has 0 saturated carbocycles. The zero-order valence-electron chi connectivity index (χ0n) is 13.8. The fourth-order valence-corrected chi connectivity index (χ4v) is 3.15. The Morgan fingerprint density at radius 2 is 1.96 bits per heavy atom. The first-order chi connectivity index (χ1) is 12.0. The van der Waals surface area contributed by atoms with Crippen LogP contribution in [0, 0.1) is 5.82 Å². The van der Waals surface area contributed by atoms with Gasteiger partial charge in [-0.15, -0.1) is 0 Å². The molecule has 0 spiro atoms. The molecule has 0 unspecified atom stereocenters. The van der Waals surface area contributed by atoms with Crippen molar-refractivity contribution in [2.24, 2.45) is 0 Å². The molecule has 25 heavy (non-hydrogen) atoms. The van der Waals surface area contributed by atoms with Crippen LogP contribution < -0.4 is 10.6 Å². The van der Waals surface area contributed by atoms with Crippen LogP contribution in [-0.2, 0) is 16.1 Å². The van der Waals surface area contributed by atoms with Crippen LogP contribution in [0.1, 0.15) is 18.4 Å². The summed E-state index contributed by atoms with van der Waals surface area (Å²) in [4.78, 5) is 38.9. The molecule has 134 valence electrons. The molecule has 4 amide bonds. The van der Waals surface area contributed by atoms with Crippen molar-refractivity contribution in [2.75, 3.05) is 26.2 Å². The van der Waals surface area contributed by atoms with Gasteiger partial charge >= 0.3 is 6.03 Å². The number of nitrogens with one attached hydrogen (secondary N) is 2. The van der Waals surface area contributed by atoms with Gasteiger partial charge in [0.1, 0.15) is 11.9 Å². The molecule has 0 aromatic heterocycles. The molecule has 2 heterocycles. The zero-order chi connectivity index (χ0) is 17.8. The van der Waals surface area contributed by atoms with E-state index in [0.29, 0.717) is 31.7 Å². The highest BCUT2D eigenvalue weighted by atomic mass is 19.1. The summed E-state index contributed by atoms with van der Waals surface area (Å²) in [6.07, 6.45) is 0.744. The minimum absolute atomic E-state index is 0.0368. The van der Waals surface area contributed by atoms with Gasteiger partial charge in [0.2, 0.25) is 5.91 Å². The fraction of sp³-hybridized carbons (Fsp3) is 0.471. The molecule has 0 radical (unpaired) electrons. The first kappa shape index (κ1) is 17.3. The largest absolute Gasteiger partial charge is 0.341 e. The van der Waals surface area contributed by atoms with Crippen molar-refractivity contribution in [3.05, 3.63) is 35.6 Å². The van der Waals surface area contributed by atoms with E-state index in [1.165, 1.54) is 6.07 Å². The standard InChI is InChI=1S/C17H21FN4O3/c18-13-5-2-1-4-12(13)11-21-6-3-7-22(9-8-21)15(23)10-14-16(24)20-17(25)19-14/h1-2,4-5,14H,3,6-11H2,(H2,19,20,24,25)/t14-/m0/s1. The van der Waals surface area contributed by atoms with Crippen molar-refractivity contribution in [1.29, 1.82) is 0 Å². The first-order valence-corrected chi connectivity index (χ1v) is 8.38. The number of rotatable bonds is 4. The summed E-state index contributed by atoms with van der Waals surface area (Å²) in [5.41, 5.74) is 0.646. The molecule has 0 bridgehead atoms. The lowest BCUT2D eigenvalue weighted by molar-refractivity contribution is -0.133. The minimum Gasteiger partial charge on any atom is -0.341 e. The number of benzene rings is 1. The van der Waals surface area contributed by atoms with Gasteiger partial charge in [-0.05, 0) is 12.5 Å². The highest BCUT2D eigenvalue weighted by Gasteiger charge is 2.33. The molecule has 2 aliphatic heterocycles. The second kappa shape index (κ2) is 7.60. The lowest BCUT2D eigenvalue weighted by atomic mass is 10.2. The Bertz CT molecular complexity index is 682.